The van der Waals surface area contributed by atoms with Crippen molar-refractivity contribution in [2.75, 3.05) is 19.6 Å². The van der Waals surface area contributed by atoms with E-state index in [9.17, 15) is 5.11 Å². The molecule has 0 radical (unpaired) electrons. The Balaban J connectivity index is 1.95. The zero-order chi connectivity index (χ0) is 11.5. The van der Waals surface area contributed by atoms with Gasteiger partial charge in [-0.2, -0.15) is 0 Å². The summed E-state index contributed by atoms with van der Waals surface area (Å²) in [5, 5.41) is 10.3. The number of hydrogen-bond acceptors (Lipinski definition) is 2. The summed E-state index contributed by atoms with van der Waals surface area (Å²) in [6.07, 6.45) is 0.772. The van der Waals surface area contributed by atoms with Crippen molar-refractivity contribution < 1.29 is 5.11 Å². The highest BCUT2D eigenvalue weighted by Gasteiger charge is 2.21. The van der Waals surface area contributed by atoms with E-state index in [0.29, 0.717) is 5.92 Å². The van der Waals surface area contributed by atoms with Crippen LogP contribution in [0.15, 0.2) is 24.3 Å². The lowest BCUT2D eigenvalue weighted by Crippen LogP contribution is -2.26. The van der Waals surface area contributed by atoms with Crippen LogP contribution in [-0.2, 0) is 0 Å². The first-order chi connectivity index (χ1) is 7.65. The monoisotopic (exact) mass is 239 g/mol. The van der Waals surface area contributed by atoms with Gasteiger partial charge in [-0.3, -0.25) is 0 Å². The third-order valence-electron chi connectivity index (χ3n) is 3.20. The number of rotatable bonds is 3. The molecule has 0 bridgehead atoms. The Bertz CT molecular complexity index is 356. The molecule has 1 aromatic rings. The van der Waals surface area contributed by atoms with Gasteiger partial charge in [-0.15, -0.1) is 0 Å². The molecular weight excluding hydrogens is 222 g/mol. The number of halogens is 1. The maximum Gasteiger partial charge on any atom is 0.0679 e. The minimum atomic E-state index is -0.133. The Morgan fingerprint density at radius 3 is 3.00 bits per heavy atom. The third-order valence-corrected chi connectivity index (χ3v) is 3.43. The predicted octanol–water partition coefficient (Wildman–Crippen LogP) is 2.51. The minimum absolute atomic E-state index is 0.133. The summed E-state index contributed by atoms with van der Waals surface area (Å²) in [7, 11) is 0. The van der Waals surface area contributed by atoms with Gasteiger partial charge >= 0.3 is 0 Å². The fourth-order valence-electron chi connectivity index (χ4n) is 2.28. The van der Waals surface area contributed by atoms with Gasteiger partial charge in [0.25, 0.3) is 0 Å². The van der Waals surface area contributed by atoms with Crippen molar-refractivity contribution >= 4 is 11.6 Å². The first-order valence-electron chi connectivity index (χ1n) is 5.81. The SMILES string of the molecule is CC(CN1CC[C@H](O)C1)c1cccc(Cl)c1. The molecule has 1 heterocycles. The van der Waals surface area contributed by atoms with Crippen LogP contribution in [0.3, 0.4) is 0 Å². The van der Waals surface area contributed by atoms with E-state index in [4.69, 9.17) is 11.6 Å². The van der Waals surface area contributed by atoms with Crippen LogP contribution >= 0.6 is 11.6 Å². The van der Waals surface area contributed by atoms with Crippen molar-refractivity contribution in [3.8, 4) is 0 Å². The quantitative estimate of drug-likeness (QED) is 0.876. The van der Waals surface area contributed by atoms with Crippen LogP contribution in [0.25, 0.3) is 0 Å². The number of likely N-dealkylation sites (tertiary alicyclic amines) is 1. The van der Waals surface area contributed by atoms with E-state index in [1.54, 1.807) is 0 Å². The van der Waals surface area contributed by atoms with Gasteiger partial charge in [0.05, 0.1) is 6.10 Å². The van der Waals surface area contributed by atoms with E-state index in [1.807, 2.05) is 18.2 Å². The van der Waals surface area contributed by atoms with Gasteiger partial charge in [-0.1, -0.05) is 30.7 Å². The topological polar surface area (TPSA) is 23.5 Å². The number of benzene rings is 1. The average Bonchev–Trinajstić information content (AvgIpc) is 2.64. The Hall–Kier alpha value is -0.570. The minimum Gasteiger partial charge on any atom is -0.392 e. The molecule has 2 atom stereocenters. The van der Waals surface area contributed by atoms with Gasteiger partial charge in [0.15, 0.2) is 0 Å². The lowest BCUT2D eigenvalue weighted by Gasteiger charge is -2.20. The second-order valence-electron chi connectivity index (χ2n) is 4.66. The average molecular weight is 240 g/mol. The van der Waals surface area contributed by atoms with Gasteiger partial charge < -0.3 is 10.0 Å². The van der Waals surface area contributed by atoms with Crippen LogP contribution in [-0.4, -0.2) is 35.7 Å². The molecule has 1 aliphatic rings. The maximum absolute atomic E-state index is 9.46. The van der Waals surface area contributed by atoms with Gasteiger partial charge in [-0.05, 0) is 30.0 Å². The molecule has 88 valence electrons. The number of nitrogens with zero attached hydrogens (tertiary/aromatic N) is 1. The van der Waals surface area contributed by atoms with Crippen molar-refractivity contribution in [1.82, 2.24) is 4.90 Å². The number of β-amino-alcohol motifs (C(OH)–C–C–N with tert-alkyl or cyclic N) is 1. The van der Waals surface area contributed by atoms with E-state index in [-0.39, 0.29) is 6.10 Å². The van der Waals surface area contributed by atoms with E-state index in [0.717, 1.165) is 31.1 Å². The Morgan fingerprint density at radius 2 is 2.38 bits per heavy atom. The Labute approximate surface area is 102 Å². The molecule has 1 fully saturated rings. The molecule has 0 amide bonds. The lowest BCUT2D eigenvalue weighted by molar-refractivity contribution is 0.175. The van der Waals surface area contributed by atoms with Crippen LogP contribution in [0.2, 0.25) is 5.02 Å². The zero-order valence-corrected chi connectivity index (χ0v) is 10.3. The van der Waals surface area contributed by atoms with Gasteiger partial charge in [-0.25, -0.2) is 0 Å². The number of aliphatic hydroxyl groups is 1. The lowest BCUT2D eigenvalue weighted by atomic mass is 10.0. The first-order valence-corrected chi connectivity index (χ1v) is 6.19. The fourth-order valence-corrected chi connectivity index (χ4v) is 2.48. The number of aliphatic hydroxyl groups excluding tert-OH is 1. The second-order valence-corrected chi connectivity index (χ2v) is 5.09. The molecule has 2 nitrogen and oxygen atoms in total. The molecule has 0 aliphatic carbocycles. The molecule has 1 N–H and O–H groups in total. The molecule has 3 heteroatoms. The van der Waals surface area contributed by atoms with Gasteiger partial charge in [0, 0.05) is 24.7 Å². The molecule has 1 saturated heterocycles. The molecule has 16 heavy (non-hydrogen) atoms. The molecule has 0 saturated carbocycles. The summed E-state index contributed by atoms with van der Waals surface area (Å²) in [6.45, 7) is 5.02. The van der Waals surface area contributed by atoms with Crippen LogP contribution in [0, 0.1) is 0 Å². The van der Waals surface area contributed by atoms with Crippen LogP contribution in [0.4, 0.5) is 0 Å². The van der Waals surface area contributed by atoms with Crippen molar-refractivity contribution in [3.63, 3.8) is 0 Å². The highest BCUT2D eigenvalue weighted by Crippen LogP contribution is 2.22. The Kier molecular flexibility index (Phi) is 3.85. The molecule has 1 aromatic carbocycles. The van der Waals surface area contributed by atoms with E-state index >= 15 is 0 Å². The summed E-state index contributed by atoms with van der Waals surface area (Å²) >= 11 is 5.98. The van der Waals surface area contributed by atoms with Crippen molar-refractivity contribution in [1.29, 1.82) is 0 Å². The summed E-state index contributed by atoms with van der Waals surface area (Å²) in [6, 6.07) is 8.03. The van der Waals surface area contributed by atoms with Crippen molar-refractivity contribution in [2.45, 2.75) is 25.4 Å². The molecule has 1 aliphatic heterocycles. The third kappa shape index (κ3) is 2.97. The van der Waals surface area contributed by atoms with E-state index < -0.39 is 0 Å². The van der Waals surface area contributed by atoms with Gasteiger partial charge in [0.1, 0.15) is 0 Å². The van der Waals surface area contributed by atoms with Crippen molar-refractivity contribution in [3.05, 3.63) is 34.9 Å². The first kappa shape index (κ1) is 11.9. The summed E-state index contributed by atoms with van der Waals surface area (Å²) in [5.41, 5.74) is 1.27. The summed E-state index contributed by atoms with van der Waals surface area (Å²) in [4.78, 5) is 2.32. The normalized spacial score (nSPS) is 23.6. The van der Waals surface area contributed by atoms with E-state index in [1.165, 1.54) is 5.56 Å². The molecule has 0 spiro atoms. The largest absolute Gasteiger partial charge is 0.392 e. The second kappa shape index (κ2) is 5.17. The molecule has 1 unspecified atom stereocenters. The maximum atomic E-state index is 9.46. The molecule has 2 rings (SSSR count). The smallest absolute Gasteiger partial charge is 0.0679 e. The van der Waals surface area contributed by atoms with Crippen LogP contribution in [0.5, 0.6) is 0 Å². The fraction of sp³-hybridized carbons (Fsp3) is 0.538. The Morgan fingerprint density at radius 1 is 1.56 bits per heavy atom. The summed E-state index contributed by atoms with van der Waals surface area (Å²) < 4.78 is 0. The summed E-state index contributed by atoms with van der Waals surface area (Å²) in [5.74, 6) is 0.462. The van der Waals surface area contributed by atoms with Crippen molar-refractivity contribution in [2.24, 2.45) is 0 Å². The standard InChI is InChI=1S/C13H18ClNO/c1-10(8-15-6-5-13(16)9-15)11-3-2-4-12(14)7-11/h2-4,7,10,13,16H,5-6,8-9H2,1H3/t10?,13-/m0/s1. The zero-order valence-electron chi connectivity index (χ0n) is 9.56. The highest BCUT2D eigenvalue weighted by molar-refractivity contribution is 6.30. The molecular formula is C13H18ClNO. The van der Waals surface area contributed by atoms with Crippen LogP contribution < -0.4 is 0 Å². The molecule has 0 aromatic heterocycles. The number of hydrogen-bond donors (Lipinski definition) is 1. The van der Waals surface area contributed by atoms with Gasteiger partial charge in [0.2, 0.25) is 0 Å². The van der Waals surface area contributed by atoms with Crippen LogP contribution in [0.1, 0.15) is 24.8 Å². The highest BCUT2D eigenvalue weighted by atomic mass is 35.5. The predicted molar refractivity (Wildman–Crippen MR) is 66.9 cm³/mol. The van der Waals surface area contributed by atoms with E-state index in [2.05, 4.69) is 17.9 Å².